The number of H-pyrrole nitrogens is 4. The summed E-state index contributed by atoms with van der Waals surface area (Å²) in [5.41, 5.74) is 6.04. The van der Waals surface area contributed by atoms with Crippen molar-refractivity contribution >= 4 is 80.8 Å². The van der Waals surface area contributed by atoms with Crippen molar-refractivity contribution < 1.29 is 31.1 Å². The molecule has 4 heterocycles. The second-order valence-electron chi connectivity index (χ2n) is 15.2. The van der Waals surface area contributed by atoms with Gasteiger partial charge in [-0.25, -0.2) is 36.2 Å². The summed E-state index contributed by atoms with van der Waals surface area (Å²) in [6.07, 6.45) is 10.6. The fraction of sp³-hybridized carbons (Fsp3) is 0.0577. The molecule has 10 rings (SSSR count). The maximum absolute atomic E-state index is 14.3. The Balaban J connectivity index is 0.000000142. The zero-order valence-electron chi connectivity index (χ0n) is 36.9. The van der Waals surface area contributed by atoms with Gasteiger partial charge in [-0.15, -0.1) is 0 Å². The van der Waals surface area contributed by atoms with Crippen LogP contribution in [0.15, 0.2) is 109 Å². The first-order chi connectivity index (χ1) is 33.8. The van der Waals surface area contributed by atoms with Crippen molar-refractivity contribution in [2.75, 3.05) is 6.61 Å². The van der Waals surface area contributed by atoms with Gasteiger partial charge in [-0.1, -0.05) is 54.6 Å². The number of ether oxygens (including phenoxy) is 1. The number of aryl methyl sites for hydroxylation is 1. The normalized spacial score (nSPS) is 11.4. The van der Waals surface area contributed by atoms with Crippen LogP contribution in [0.3, 0.4) is 0 Å². The monoisotopic (exact) mass is 945 g/mol. The molecule has 70 heavy (non-hydrogen) atoms. The van der Waals surface area contributed by atoms with Crippen molar-refractivity contribution in [3.63, 3.8) is 0 Å². The molecule has 0 atom stereocenters. The summed E-state index contributed by atoms with van der Waals surface area (Å²) >= 11 is 0. The Morgan fingerprint density at radius 3 is 1.41 bits per heavy atom. The molecule has 0 unspecified atom stereocenters. The lowest BCUT2D eigenvalue weighted by molar-refractivity contribution is 0.325. The van der Waals surface area contributed by atoms with E-state index in [-0.39, 0.29) is 45.6 Å². The van der Waals surface area contributed by atoms with E-state index in [2.05, 4.69) is 50.6 Å². The fourth-order valence-corrected chi connectivity index (χ4v) is 6.93. The Morgan fingerprint density at radius 1 is 0.557 bits per heavy atom. The predicted octanol–water partition coefficient (Wildman–Crippen LogP) is 13.0. The molecule has 348 valence electrons. The first-order valence-electron chi connectivity index (χ1n) is 21.2. The van der Waals surface area contributed by atoms with Gasteiger partial charge in [0, 0.05) is 27.3 Å². The summed E-state index contributed by atoms with van der Waals surface area (Å²) < 4.78 is 86.1. The van der Waals surface area contributed by atoms with Crippen LogP contribution in [0.2, 0.25) is 0 Å². The number of rotatable bonds is 9. The zero-order valence-corrected chi connectivity index (χ0v) is 36.9. The summed E-state index contributed by atoms with van der Waals surface area (Å²) in [4.78, 5) is 7.46. The largest absolute Gasteiger partial charge is 0.478 e. The molecule has 18 heteroatoms. The molecule has 5 N–H and O–H groups in total. The zero-order chi connectivity index (χ0) is 49.3. The second-order valence-corrected chi connectivity index (χ2v) is 15.2. The van der Waals surface area contributed by atoms with Crippen molar-refractivity contribution in [3.8, 4) is 11.4 Å². The number of halogens is 6. The number of hydrogen-bond donors (Lipinski definition) is 5. The Bertz CT molecular complexity index is 3620. The van der Waals surface area contributed by atoms with Crippen LogP contribution >= 0.6 is 0 Å². The van der Waals surface area contributed by atoms with E-state index in [1.54, 1.807) is 105 Å². The number of aromatic amines is 4. The molecule has 0 bridgehead atoms. The Morgan fingerprint density at radius 2 is 0.986 bits per heavy atom. The van der Waals surface area contributed by atoms with Gasteiger partial charge in [-0.2, -0.15) is 20.4 Å². The molecule has 0 radical (unpaired) electrons. The summed E-state index contributed by atoms with van der Waals surface area (Å²) in [6.45, 7) is 10.8. The van der Waals surface area contributed by atoms with Gasteiger partial charge in [0.05, 0.1) is 30.3 Å². The number of benzene rings is 6. The molecule has 0 aliphatic carbocycles. The number of hydrogen-bond acceptors (Lipinski definition) is 7. The van der Waals surface area contributed by atoms with Crippen LogP contribution in [0.5, 0.6) is 0 Å². The summed E-state index contributed by atoms with van der Waals surface area (Å²) in [5.74, 6) is -1.42. The fourth-order valence-electron chi connectivity index (χ4n) is 6.93. The molecular formula is C52H37F6N11O. The highest BCUT2D eigenvalue weighted by Crippen LogP contribution is 2.29. The van der Waals surface area contributed by atoms with Crippen molar-refractivity contribution in [1.82, 2.24) is 45.8 Å². The van der Waals surface area contributed by atoms with Gasteiger partial charge in [-0.3, -0.25) is 25.8 Å². The van der Waals surface area contributed by atoms with E-state index in [4.69, 9.17) is 16.7 Å². The summed E-state index contributed by atoms with van der Waals surface area (Å²) in [6, 6.07) is 26.9. The van der Waals surface area contributed by atoms with Crippen molar-refractivity contribution in [2.24, 2.45) is 0 Å². The lowest BCUT2D eigenvalue weighted by Gasteiger charge is -2.05. The van der Waals surface area contributed by atoms with Gasteiger partial charge >= 0.3 is 0 Å². The van der Waals surface area contributed by atoms with Crippen LogP contribution in [-0.2, 0) is 4.74 Å². The first-order valence-corrected chi connectivity index (χ1v) is 21.2. The molecule has 0 spiro atoms. The minimum absolute atomic E-state index is 0.0898. The van der Waals surface area contributed by atoms with E-state index < -0.39 is 17.5 Å². The van der Waals surface area contributed by atoms with E-state index in [0.29, 0.717) is 62.6 Å². The third kappa shape index (κ3) is 11.1. The maximum Gasteiger partial charge on any atom is 0.213 e. The van der Waals surface area contributed by atoms with E-state index >= 15 is 0 Å². The van der Waals surface area contributed by atoms with Crippen LogP contribution in [0.4, 0.5) is 32.0 Å². The number of fused-ring (bicyclic) bond motifs is 3. The predicted molar refractivity (Wildman–Crippen MR) is 259 cm³/mol. The molecule has 6 aromatic carbocycles. The van der Waals surface area contributed by atoms with Crippen LogP contribution in [-0.4, -0.2) is 58.3 Å². The van der Waals surface area contributed by atoms with E-state index in [1.165, 1.54) is 48.5 Å². The number of nitrogens with one attached hydrogen (secondary N) is 5. The number of nitrogens with zero attached hydrogens (tertiary/aromatic N) is 6. The van der Waals surface area contributed by atoms with Gasteiger partial charge < -0.3 is 4.74 Å². The van der Waals surface area contributed by atoms with Gasteiger partial charge in [0.25, 0.3) is 0 Å². The molecule has 10 aromatic rings. The Kier molecular flexibility index (Phi) is 14.2. The smallest absolute Gasteiger partial charge is 0.213 e. The Labute approximate surface area is 394 Å². The molecule has 4 aromatic heterocycles. The quantitative estimate of drug-likeness (QED) is 0.0418. The molecule has 0 fully saturated rings. The van der Waals surface area contributed by atoms with Gasteiger partial charge in [0.1, 0.15) is 45.6 Å². The minimum Gasteiger partial charge on any atom is -0.478 e. The third-order valence-corrected chi connectivity index (χ3v) is 10.4. The highest BCUT2D eigenvalue weighted by molar-refractivity contribution is 5.99. The second kappa shape index (κ2) is 21.1. The standard InChI is InChI=1S/C18H13F2N5.C18H15F2N3O.C16H9F2N3/c1-10-21-18(25-22-10)12-8-14-16(23-24-17(14)15(20)9-12)7-4-11-2-5-13(19)6-3-11;1-2-24-18(21)12-9-14-16(22-23-17(14)15(20)10-12)8-5-11-3-6-13(19)7-4-11;1-19-12-8-13-15(20-21-16(13)14(18)9-12)7-4-10-2-5-11(17)6-3-10/h2-9H,1H3,(H,23,24)(H,21,22,25);3-10,21H,2H2,1H3,(H,22,23);2-9H,(H,20,21)/b7-4+;8-5+,21-18?;7-4+. The van der Waals surface area contributed by atoms with E-state index in [0.717, 1.165) is 22.8 Å². The Hall–Kier alpha value is -9.37. The van der Waals surface area contributed by atoms with E-state index in [1.807, 2.05) is 0 Å². The number of aromatic nitrogens is 9. The highest BCUT2D eigenvalue weighted by atomic mass is 19.1. The molecule has 0 aliphatic heterocycles. The van der Waals surface area contributed by atoms with Crippen molar-refractivity contribution in [3.05, 3.63) is 201 Å². The van der Waals surface area contributed by atoms with Crippen LogP contribution in [0.25, 0.3) is 85.4 Å². The molecule has 0 amide bonds. The molecule has 0 saturated heterocycles. The van der Waals surface area contributed by atoms with Gasteiger partial charge in [0.15, 0.2) is 23.1 Å². The molecule has 0 aliphatic rings. The van der Waals surface area contributed by atoms with Crippen LogP contribution < -0.4 is 0 Å². The molecule has 0 saturated carbocycles. The lowest BCUT2D eigenvalue weighted by atomic mass is 10.1. The maximum atomic E-state index is 14.3. The molecular weight excluding hydrogens is 909 g/mol. The average molecular weight is 946 g/mol. The summed E-state index contributed by atoms with van der Waals surface area (Å²) in [5, 5.41) is 36.6. The van der Waals surface area contributed by atoms with Crippen LogP contribution in [0.1, 0.15) is 52.1 Å². The van der Waals surface area contributed by atoms with Crippen molar-refractivity contribution in [2.45, 2.75) is 13.8 Å². The highest BCUT2D eigenvalue weighted by Gasteiger charge is 2.15. The minimum atomic E-state index is -0.531. The van der Waals surface area contributed by atoms with Gasteiger partial charge in [0.2, 0.25) is 5.90 Å². The first kappa shape index (κ1) is 47.1. The third-order valence-electron chi connectivity index (χ3n) is 10.4. The summed E-state index contributed by atoms with van der Waals surface area (Å²) in [7, 11) is 0. The topological polar surface area (TPSA) is 165 Å². The van der Waals surface area contributed by atoms with Gasteiger partial charge in [-0.05, 0) is 122 Å². The SMILES string of the molecule is CCOC(=N)c1cc(F)c2n[nH]c(/C=C/c3ccc(F)cc3)c2c1.Cc1nc(-c2cc(F)c3n[nH]c(/C=C/c4ccc(F)cc4)c3c2)n[nH]1.[C-]#[N+]c1cc(F)c2n[nH]c(/C=C/c3ccc(F)cc3)c2c1. The van der Waals surface area contributed by atoms with E-state index in [9.17, 15) is 26.3 Å². The average Bonchev–Trinajstić information content (AvgIpc) is 4.18. The molecule has 12 nitrogen and oxygen atoms in total. The van der Waals surface area contributed by atoms with Crippen LogP contribution in [0, 0.1) is 53.8 Å². The lowest BCUT2D eigenvalue weighted by Crippen LogP contribution is -2.05. The van der Waals surface area contributed by atoms with Crippen molar-refractivity contribution in [1.29, 1.82) is 5.41 Å².